The Bertz CT molecular complexity index is 1250. The number of carbonyl (C=O) groups is 3. The summed E-state index contributed by atoms with van der Waals surface area (Å²) in [5.74, 6) is -5.90. The number of halogens is 2. The molecule has 9 nitrogen and oxygen atoms in total. The monoisotopic (exact) mass is 499 g/mol. The van der Waals surface area contributed by atoms with Crippen molar-refractivity contribution in [1.82, 2.24) is 20.5 Å². The van der Waals surface area contributed by atoms with Gasteiger partial charge in [-0.2, -0.15) is 5.26 Å². The standard InChI is InChI=1S/C25H27F2N5O4/c1-36-20-4-2-3-18-16(20)10-19(31-18)24(35)32-15-5-6-17(25(26,27)11-15)21(32)23(34)30-14(12-28)9-13-7-8-29-22(13)33/h2-4,10,13-15,17,21,31H,5-9,11H2,1H3,(H,29,33)(H,30,34)/t13-,14+,15+,17+,21+/m0/s1. The average Bonchev–Trinajstić information content (AvgIpc) is 3.48. The largest absolute Gasteiger partial charge is 0.496 e. The van der Waals surface area contributed by atoms with E-state index < -0.39 is 54.1 Å². The summed E-state index contributed by atoms with van der Waals surface area (Å²) in [5, 5.41) is 15.5. The van der Waals surface area contributed by atoms with Crippen molar-refractivity contribution in [2.75, 3.05) is 13.7 Å². The molecule has 190 valence electrons. The molecule has 3 saturated heterocycles. The molecule has 3 N–H and O–H groups in total. The molecule has 3 amide bonds. The fourth-order valence-corrected chi connectivity index (χ4v) is 5.91. The average molecular weight is 500 g/mol. The number of aromatic nitrogens is 1. The number of nitrogens with zero attached hydrogens (tertiary/aromatic N) is 2. The molecule has 1 saturated carbocycles. The van der Waals surface area contributed by atoms with Gasteiger partial charge in [0, 0.05) is 35.8 Å². The Morgan fingerprint density at radius 1 is 1.33 bits per heavy atom. The normalized spacial score (nSPS) is 27.4. The molecule has 1 aromatic carbocycles. The van der Waals surface area contributed by atoms with E-state index in [2.05, 4.69) is 15.6 Å². The first-order valence-corrected chi connectivity index (χ1v) is 12.1. The number of benzene rings is 1. The SMILES string of the molecule is COc1cccc2[nH]c(C(=O)N3[C@@H]4CC[C@H]([C@@H]3C(=O)N[C@@H](C#N)C[C@@H]3CCNC3=O)C(F)(F)C4)cc12. The van der Waals surface area contributed by atoms with Crippen molar-refractivity contribution in [3.8, 4) is 11.8 Å². The van der Waals surface area contributed by atoms with E-state index >= 15 is 0 Å². The van der Waals surface area contributed by atoms with E-state index in [1.165, 1.54) is 12.0 Å². The lowest BCUT2D eigenvalue weighted by Gasteiger charge is -2.53. The van der Waals surface area contributed by atoms with Crippen LogP contribution in [0.1, 0.15) is 42.6 Å². The number of nitrogens with one attached hydrogen (secondary N) is 3. The van der Waals surface area contributed by atoms with Crippen LogP contribution < -0.4 is 15.4 Å². The van der Waals surface area contributed by atoms with Gasteiger partial charge in [0.2, 0.25) is 11.8 Å². The molecule has 0 radical (unpaired) electrons. The van der Waals surface area contributed by atoms with Gasteiger partial charge in [0.25, 0.3) is 11.8 Å². The number of hydrogen-bond acceptors (Lipinski definition) is 5. The van der Waals surface area contributed by atoms with E-state index in [0.717, 1.165) is 0 Å². The first kappa shape index (κ1) is 24.0. The molecule has 11 heteroatoms. The van der Waals surface area contributed by atoms with E-state index in [1.807, 2.05) is 6.07 Å². The highest BCUT2D eigenvalue weighted by atomic mass is 19.3. The summed E-state index contributed by atoms with van der Waals surface area (Å²) >= 11 is 0. The van der Waals surface area contributed by atoms with Gasteiger partial charge >= 0.3 is 0 Å². The van der Waals surface area contributed by atoms with Crippen LogP contribution in [0.2, 0.25) is 0 Å². The molecule has 6 rings (SSSR count). The molecule has 4 aliphatic rings. The van der Waals surface area contributed by atoms with E-state index in [9.17, 15) is 28.4 Å². The molecule has 2 aromatic rings. The summed E-state index contributed by atoms with van der Waals surface area (Å²) in [6.45, 7) is 0.492. The minimum absolute atomic E-state index is 0.0844. The molecule has 5 atom stereocenters. The lowest BCUT2D eigenvalue weighted by molar-refractivity contribution is -0.179. The zero-order valence-corrected chi connectivity index (χ0v) is 19.7. The Kier molecular flexibility index (Phi) is 6.06. The lowest BCUT2D eigenvalue weighted by Crippen LogP contribution is -2.68. The van der Waals surface area contributed by atoms with Gasteiger partial charge in [-0.25, -0.2) is 8.78 Å². The van der Waals surface area contributed by atoms with Crippen LogP contribution in [0, 0.1) is 23.2 Å². The van der Waals surface area contributed by atoms with Gasteiger partial charge in [-0.05, 0) is 43.9 Å². The zero-order valence-electron chi connectivity index (χ0n) is 19.7. The number of amides is 3. The predicted octanol–water partition coefficient (Wildman–Crippen LogP) is 2.34. The van der Waals surface area contributed by atoms with Crippen LogP contribution in [0.4, 0.5) is 8.78 Å². The Morgan fingerprint density at radius 2 is 2.14 bits per heavy atom. The fraction of sp³-hybridized carbons (Fsp3) is 0.520. The van der Waals surface area contributed by atoms with Crippen molar-refractivity contribution in [3.63, 3.8) is 0 Å². The van der Waals surface area contributed by atoms with Crippen LogP contribution in [0.15, 0.2) is 24.3 Å². The van der Waals surface area contributed by atoms with Crippen LogP contribution in [0.25, 0.3) is 10.9 Å². The molecule has 3 aliphatic heterocycles. The van der Waals surface area contributed by atoms with Crippen LogP contribution in [-0.2, 0) is 9.59 Å². The molecule has 0 spiro atoms. The van der Waals surface area contributed by atoms with E-state index in [1.54, 1.807) is 24.3 Å². The van der Waals surface area contributed by atoms with Crippen molar-refractivity contribution in [2.24, 2.45) is 11.8 Å². The Morgan fingerprint density at radius 3 is 2.81 bits per heavy atom. The molecule has 0 unspecified atom stereocenters. The van der Waals surface area contributed by atoms with Crippen LogP contribution >= 0.6 is 0 Å². The van der Waals surface area contributed by atoms with E-state index in [0.29, 0.717) is 36.0 Å². The van der Waals surface area contributed by atoms with Gasteiger partial charge in [-0.1, -0.05) is 6.07 Å². The van der Waals surface area contributed by atoms with Gasteiger partial charge < -0.3 is 25.3 Å². The van der Waals surface area contributed by atoms with Crippen molar-refractivity contribution in [1.29, 1.82) is 5.26 Å². The number of H-pyrrole nitrogens is 1. The molecular formula is C25H27F2N5O4. The number of carbonyl (C=O) groups excluding carboxylic acids is 3. The zero-order chi connectivity index (χ0) is 25.6. The molecular weight excluding hydrogens is 472 g/mol. The van der Waals surface area contributed by atoms with Crippen molar-refractivity contribution in [2.45, 2.75) is 56.2 Å². The highest BCUT2D eigenvalue weighted by molar-refractivity contribution is 6.02. The molecule has 1 aliphatic carbocycles. The second kappa shape index (κ2) is 9.08. The van der Waals surface area contributed by atoms with Gasteiger partial charge in [0.15, 0.2) is 0 Å². The molecule has 2 bridgehead atoms. The number of methoxy groups -OCH3 is 1. The maximum Gasteiger partial charge on any atom is 0.271 e. The number of hydrogen-bond donors (Lipinski definition) is 3. The van der Waals surface area contributed by atoms with Crippen LogP contribution in [0.3, 0.4) is 0 Å². The maximum absolute atomic E-state index is 15.0. The van der Waals surface area contributed by atoms with Gasteiger partial charge in [-0.3, -0.25) is 14.4 Å². The van der Waals surface area contributed by atoms with Gasteiger partial charge in [0.05, 0.1) is 19.1 Å². The summed E-state index contributed by atoms with van der Waals surface area (Å²) in [4.78, 5) is 43.3. The van der Waals surface area contributed by atoms with Crippen molar-refractivity contribution < 1.29 is 27.9 Å². The Hall–Kier alpha value is -3.68. The fourth-order valence-electron chi connectivity index (χ4n) is 5.91. The third-order valence-corrected chi connectivity index (χ3v) is 7.67. The number of nitriles is 1. The maximum atomic E-state index is 15.0. The molecule has 4 fully saturated rings. The van der Waals surface area contributed by atoms with Crippen molar-refractivity contribution in [3.05, 3.63) is 30.0 Å². The molecule has 1 aromatic heterocycles. The summed E-state index contributed by atoms with van der Waals surface area (Å²) in [5.41, 5.74) is 0.813. The predicted molar refractivity (Wildman–Crippen MR) is 124 cm³/mol. The first-order chi connectivity index (χ1) is 17.2. The summed E-state index contributed by atoms with van der Waals surface area (Å²) < 4.78 is 35.3. The summed E-state index contributed by atoms with van der Waals surface area (Å²) in [7, 11) is 1.51. The quantitative estimate of drug-likeness (QED) is 0.562. The minimum Gasteiger partial charge on any atom is -0.496 e. The third-order valence-electron chi connectivity index (χ3n) is 7.67. The smallest absolute Gasteiger partial charge is 0.271 e. The third kappa shape index (κ3) is 4.04. The second-order valence-electron chi connectivity index (χ2n) is 9.77. The Balaban J connectivity index is 1.43. The van der Waals surface area contributed by atoms with E-state index in [4.69, 9.17) is 4.74 Å². The lowest BCUT2D eigenvalue weighted by atomic mass is 9.71. The molecule has 36 heavy (non-hydrogen) atoms. The highest BCUT2D eigenvalue weighted by Crippen LogP contribution is 2.49. The topological polar surface area (TPSA) is 127 Å². The minimum atomic E-state index is -3.11. The molecule has 4 heterocycles. The number of ether oxygens (including phenoxy) is 1. The number of fused-ring (bicyclic) bond motifs is 4. The van der Waals surface area contributed by atoms with Crippen LogP contribution in [-0.4, -0.2) is 65.3 Å². The van der Waals surface area contributed by atoms with E-state index in [-0.39, 0.29) is 24.4 Å². The van der Waals surface area contributed by atoms with Gasteiger partial charge in [0.1, 0.15) is 23.5 Å². The number of aromatic amines is 1. The first-order valence-electron chi connectivity index (χ1n) is 12.1. The van der Waals surface area contributed by atoms with Crippen LogP contribution in [0.5, 0.6) is 5.75 Å². The number of rotatable bonds is 6. The Labute approximate surface area is 206 Å². The van der Waals surface area contributed by atoms with Crippen molar-refractivity contribution >= 4 is 28.6 Å². The number of alkyl halides is 2. The number of piperidine rings is 2. The van der Waals surface area contributed by atoms with Gasteiger partial charge in [-0.15, -0.1) is 0 Å². The second-order valence-corrected chi connectivity index (χ2v) is 9.77. The highest BCUT2D eigenvalue weighted by Gasteiger charge is 2.60. The summed E-state index contributed by atoms with van der Waals surface area (Å²) in [6.07, 6.45) is 0.570. The summed E-state index contributed by atoms with van der Waals surface area (Å²) in [6, 6.07) is 5.57.